The first-order valence-corrected chi connectivity index (χ1v) is 6.78. The lowest BCUT2D eigenvalue weighted by molar-refractivity contribution is -0.117. The average molecular weight is 294 g/mol. The highest BCUT2D eigenvalue weighted by atomic mass is 35.5. The Bertz CT molecular complexity index is 652. The molecule has 0 spiro atoms. The number of rotatable bonds is 4. The van der Waals surface area contributed by atoms with Gasteiger partial charge in [-0.05, 0) is 30.5 Å². The molecule has 4 nitrogen and oxygen atoms in total. The van der Waals surface area contributed by atoms with Gasteiger partial charge < -0.3 is 5.32 Å². The third-order valence-corrected chi connectivity index (χ3v) is 3.54. The largest absolute Gasteiger partial charge is 0.309 e. The number of carbonyl (C=O) groups excluding carboxylic acids is 1. The third kappa shape index (κ3) is 2.99. The Hall–Kier alpha value is -1.88. The molecule has 3 rings (SSSR count). The Morgan fingerprint density at radius 3 is 2.95 bits per heavy atom. The van der Waals surface area contributed by atoms with Crippen molar-refractivity contribution in [2.24, 2.45) is 5.92 Å². The predicted octanol–water partition coefficient (Wildman–Crippen LogP) is 3.07. The van der Waals surface area contributed by atoms with Gasteiger partial charge in [0.1, 0.15) is 5.82 Å². The summed E-state index contributed by atoms with van der Waals surface area (Å²) < 4.78 is 14.6. The van der Waals surface area contributed by atoms with Crippen LogP contribution in [0, 0.1) is 11.7 Å². The fraction of sp³-hybridized carbons (Fsp3) is 0.286. The standard InChI is InChI=1S/C14H13ClFN3O/c15-12-7-11(16)4-3-10(12)8-19-6-5-13(18-19)17-14(20)9-1-2-9/h3-7,9H,1-2,8H2,(H,17,18,20). The molecule has 0 aliphatic heterocycles. The van der Waals surface area contributed by atoms with Gasteiger partial charge in [0.05, 0.1) is 6.54 Å². The molecule has 1 aromatic carbocycles. The van der Waals surface area contributed by atoms with Gasteiger partial charge in [-0.2, -0.15) is 5.10 Å². The molecular weight excluding hydrogens is 281 g/mol. The summed E-state index contributed by atoms with van der Waals surface area (Å²) >= 11 is 5.97. The molecule has 0 saturated heterocycles. The highest BCUT2D eigenvalue weighted by Crippen LogP contribution is 2.29. The highest BCUT2D eigenvalue weighted by Gasteiger charge is 2.29. The Morgan fingerprint density at radius 2 is 2.25 bits per heavy atom. The minimum absolute atomic E-state index is 0.0232. The monoisotopic (exact) mass is 293 g/mol. The van der Waals surface area contributed by atoms with E-state index in [1.807, 2.05) is 0 Å². The minimum Gasteiger partial charge on any atom is -0.309 e. The summed E-state index contributed by atoms with van der Waals surface area (Å²) in [6.07, 6.45) is 3.66. The molecule has 0 bridgehead atoms. The van der Waals surface area contributed by atoms with Crippen LogP contribution in [0.15, 0.2) is 30.5 Å². The van der Waals surface area contributed by atoms with E-state index >= 15 is 0 Å². The van der Waals surface area contributed by atoms with E-state index in [0.717, 1.165) is 18.4 Å². The second kappa shape index (κ2) is 5.25. The zero-order valence-electron chi connectivity index (χ0n) is 10.6. The van der Waals surface area contributed by atoms with Gasteiger partial charge in [0, 0.05) is 23.2 Å². The maximum Gasteiger partial charge on any atom is 0.228 e. The predicted molar refractivity (Wildman–Crippen MR) is 74.1 cm³/mol. The van der Waals surface area contributed by atoms with Crippen LogP contribution in [0.1, 0.15) is 18.4 Å². The first-order chi connectivity index (χ1) is 9.61. The van der Waals surface area contributed by atoms with Crippen molar-refractivity contribution in [3.05, 3.63) is 46.9 Å². The Morgan fingerprint density at radius 1 is 1.45 bits per heavy atom. The average Bonchev–Trinajstić information content (AvgIpc) is 3.16. The molecule has 1 saturated carbocycles. The lowest BCUT2D eigenvalue weighted by Gasteiger charge is -2.05. The topological polar surface area (TPSA) is 46.9 Å². The van der Waals surface area contributed by atoms with Crippen LogP contribution < -0.4 is 5.32 Å². The number of anilines is 1. The van der Waals surface area contributed by atoms with E-state index in [0.29, 0.717) is 17.4 Å². The zero-order valence-corrected chi connectivity index (χ0v) is 11.4. The molecular formula is C14H13ClFN3O. The van der Waals surface area contributed by atoms with Crippen LogP contribution in [0.3, 0.4) is 0 Å². The number of carbonyl (C=O) groups is 1. The smallest absolute Gasteiger partial charge is 0.228 e. The second-order valence-electron chi connectivity index (χ2n) is 4.90. The lowest BCUT2D eigenvalue weighted by Crippen LogP contribution is -2.14. The van der Waals surface area contributed by atoms with E-state index < -0.39 is 0 Å². The molecule has 1 aliphatic rings. The van der Waals surface area contributed by atoms with Crippen LogP contribution in [-0.2, 0) is 11.3 Å². The van der Waals surface area contributed by atoms with E-state index in [-0.39, 0.29) is 17.6 Å². The van der Waals surface area contributed by atoms with Gasteiger partial charge in [-0.25, -0.2) is 4.39 Å². The molecule has 2 aromatic rings. The summed E-state index contributed by atoms with van der Waals surface area (Å²) in [6, 6.07) is 6.00. The zero-order chi connectivity index (χ0) is 14.1. The quantitative estimate of drug-likeness (QED) is 0.942. The number of amides is 1. The third-order valence-electron chi connectivity index (χ3n) is 3.19. The van der Waals surface area contributed by atoms with Crippen LogP contribution in [0.4, 0.5) is 10.2 Å². The van der Waals surface area contributed by atoms with Gasteiger partial charge in [-0.15, -0.1) is 0 Å². The maximum absolute atomic E-state index is 13.0. The molecule has 1 aliphatic carbocycles. The summed E-state index contributed by atoms with van der Waals surface area (Å²) in [5.41, 5.74) is 0.774. The highest BCUT2D eigenvalue weighted by molar-refractivity contribution is 6.31. The molecule has 104 valence electrons. The fourth-order valence-electron chi connectivity index (χ4n) is 1.91. The van der Waals surface area contributed by atoms with Gasteiger partial charge in [-0.1, -0.05) is 17.7 Å². The summed E-state index contributed by atoms with van der Waals surface area (Å²) in [5.74, 6) is 0.332. The van der Waals surface area contributed by atoms with E-state index in [1.54, 1.807) is 23.0 Å². The van der Waals surface area contributed by atoms with Crippen molar-refractivity contribution >= 4 is 23.3 Å². The van der Waals surface area contributed by atoms with Crippen LogP contribution >= 0.6 is 11.6 Å². The summed E-state index contributed by atoms with van der Waals surface area (Å²) in [6.45, 7) is 0.429. The molecule has 1 fully saturated rings. The maximum atomic E-state index is 13.0. The van der Waals surface area contributed by atoms with E-state index in [2.05, 4.69) is 10.4 Å². The first kappa shape index (κ1) is 13.1. The van der Waals surface area contributed by atoms with Crippen molar-refractivity contribution in [2.45, 2.75) is 19.4 Å². The van der Waals surface area contributed by atoms with Gasteiger partial charge in [0.25, 0.3) is 0 Å². The summed E-state index contributed by atoms with van der Waals surface area (Å²) in [5, 5.41) is 7.39. The number of aromatic nitrogens is 2. The van der Waals surface area contributed by atoms with Crippen molar-refractivity contribution in [1.29, 1.82) is 0 Å². The van der Waals surface area contributed by atoms with Crippen LogP contribution in [0.5, 0.6) is 0 Å². The second-order valence-corrected chi connectivity index (χ2v) is 5.31. The number of hydrogen-bond acceptors (Lipinski definition) is 2. The summed E-state index contributed by atoms with van der Waals surface area (Å²) in [7, 11) is 0. The molecule has 1 heterocycles. The molecule has 1 amide bonds. The van der Waals surface area contributed by atoms with Gasteiger partial charge >= 0.3 is 0 Å². The van der Waals surface area contributed by atoms with Gasteiger partial charge in [0.15, 0.2) is 5.82 Å². The lowest BCUT2D eigenvalue weighted by atomic mass is 10.2. The molecule has 0 atom stereocenters. The molecule has 1 N–H and O–H groups in total. The van der Waals surface area contributed by atoms with Gasteiger partial charge in [0.2, 0.25) is 5.91 Å². The normalized spacial score (nSPS) is 14.3. The van der Waals surface area contributed by atoms with Crippen molar-refractivity contribution in [3.63, 3.8) is 0 Å². The van der Waals surface area contributed by atoms with Crippen LogP contribution in [-0.4, -0.2) is 15.7 Å². The van der Waals surface area contributed by atoms with Gasteiger partial charge in [-0.3, -0.25) is 9.48 Å². The molecule has 20 heavy (non-hydrogen) atoms. The van der Waals surface area contributed by atoms with E-state index in [9.17, 15) is 9.18 Å². The summed E-state index contributed by atoms with van der Waals surface area (Å²) in [4.78, 5) is 11.6. The Balaban J connectivity index is 1.68. The molecule has 0 unspecified atom stereocenters. The Labute approximate surface area is 120 Å². The number of halogens is 2. The van der Waals surface area contributed by atoms with E-state index in [1.165, 1.54) is 12.1 Å². The molecule has 1 aromatic heterocycles. The fourth-order valence-corrected chi connectivity index (χ4v) is 2.14. The van der Waals surface area contributed by atoms with Crippen LogP contribution in [0.25, 0.3) is 0 Å². The number of benzene rings is 1. The van der Waals surface area contributed by atoms with Crippen LogP contribution in [0.2, 0.25) is 5.02 Å². The number of nitrogens with one attached hydrogen (secondary N) is 1. The van der Waals surface area contributed by atoms with Crippen molar-refractivity contribution in [1.82, 2.24) is 9.78 Å². The minimum atomic E-state index is -0.364. The first-order valence-electron chi connectivity index (χ1n) is 6.40. The van der Waals surface area contributed by atoms with E-state index in [4.69, 9.17) is 11.6 Å². The number of hydrogen-bond donors (Lipinski definition) is 1. The Kier molecular flexibility index (Phi) is 3.44. The molecule has 0 radical (unpaired) electrons. The van der Waals surface area contributed by atoms with Crippen molar-refractivity contribution in [2.75, 3.05) is 5.32 Å². The molecule has 6 heteroatoms. The SMILES string of the molecule is O=C(Nc1ccn(Cc2ccc(F)cc2Cl)n1)C1CC1. The number of nitrogens with zero attached hydrogens (tertiary/aromatic N) is 2. The van der Waals surface area contributed by atoms with Crippen molar-refractivity contribution < 1.29 is 9.18 Å². The van der Waals surface area contributed by atoms with Crippen molar-refractivity contribution in [3.8, 4) is 0 Å².